The van der Waals surface area contributed by atoms with Gasteiger partial charge in [-0.15, -0.1) is 0 Å². The number of H-pyrrole nitrogens is 1. The molecule has 0 atom stereocenters. The van der Waals surface area contributed by atoms with Crippen LogP contribution >= 0.6 is 0 Å². The molecule has 2 amide bonds. The van der Waals surface area contributed by atoms with Gasteiger partial charge in [-0.1, -0.05) is 0 Å². The molecule has 4 aromatic heterocycles. The van der Waals surface area contributed by atoms with Crippen LogP contribution < -0.4 is 10.6 Å². The van der Waals surface area contributed by atoms with Crippen molar-refractivity contribution in [3.05, 3.63) is 54.2 Å². The molecule has 1 spiro atoms. The zero-order valence-electron chi connectivity index (χ0n) is 21.5. The topological polar surface area (TPSA) is 130 Å². The molecule has 11 heteroatoms. The number of carbonyl (C=O) groups is 2. The van der Waals surface area contributed by atoms with Gasteiger partial charge in [0.25, 0.3) is 5.91 Å². The van der Waals surface area contributed by atoms with Gasteiger partial charge >= 0.3 is 0 Å². The number of rotatable bonds is 6. The number of aromatic nitrogens is 5. The molecule has 0 radical (unpaired) electrons. The van der Waals surface area contributed by atoms with Crippen LogP contribution in [0.1, 0.15) is 28.9 Å². The van der Waals surface area contributed by atoms with Gasteiger partial charge < -0.3 is 20.4 Å². The van der Waals surface area contributed by atoms with Gasteiger partial charge in [0.2, 0.25) is 5.91 Å². The van der Waals surface area contributed by atoms with Crippen LogP contribution in [-0.2, 0) is 16.6 Å². The summed E-state index contributed by atoms with van der Waals surface area (Å²) in [5.41, 5.74) is 4.96. The number of amides is 2. The zero-order chi connectivity index (χ0) is 26.3. The Balaban J connectivity index is 1.10. The molecule has 4 aromatic rings. The number of anilines is 2. The van der Waals surface area contributed by atoms with E-state index < -0.39 is 0 Å². The number of aromatic amines is 1. The maximum Gasteiger partial charge on any atom is 0.257 e. The molecule has 0 aliphatic carbocycles. The first kappa shape index (κ1) is 24.3. The van der Waals surface area contributed by atoms with Crippen molar-refractivity contribution in [2.24, 2.45) is 12.5 Å². The summed E-state index contributed by atoms with van der Waals surface area (Å²) in [5, 5.41) is 10.8. The molecule has 2 aliphatic heterocycles. The van der Waals surface area contributed by atoms with Crippen LogP contribution in [0.5, 0.6) is 0 Å². The second-order valence-electron chi connectivity index (χ2n) is 10.4. The maximum atomic E-state index is 13.1. The quantitative estimate of drug-likeness (QED) is 0.361. The molecule has 6 heterocycles. The lowest BCUT2D eigenvalue weighted by Gasteiger charge is -2.52. The summed E-state index contributed by atoms with van der Waals surface area (Å²) in [4.78, 5) is 39.9. The smallest absolute Gasteiger partial charge is 0.257 e. The number of likely N-dealkylation sites (tertiary alicyclic amines) is 1. The summed E-state index contributed by atoms with van der Waals surface area (Å²) >= 11 is 0. The van der Waals surface area contributed by atoms with E-state index in [9.17, 15) is 9.59 Å². The highest BCUT2D eigenvalue weighted by Gasteiger charge is 2.44. The van der Waals surface area contributed by atoms with E-state index in [0.717, 1.165) is 55.8 Å². The minimum atomic E-state index is -0.306. The third-order valence-electron chi connectivity index (χ3n) is 7.41. The summed E-state index contributed by atoms with van der Waals surface area (Å²) < 4.78 is 7.20. The van der Waals surface area contributed by atoms with Gasteiger partial charge in [-0.25, -0.2) is 4.98 Å². The number of pyridine rings is 2. The first-order valence-corrected chi connectivity index (χ1v) is 12.7. The number of nitrogens with zero attached hydrogens (tertiary/aromatic N) is 5. The Morgan fingerprint density at radius 3 is 2.66 bits per heavy atom. The van der Waals surface area contributed by atoms with Gasteiger partial charge in [0.05, 0.1) is 47.3 Å². The Labute approximate surface area is 219 Å². The average Bonchev–Trinajstić information content (AvgIpc) is 3.51. The van der Waals surface area contributed by atoms with Gasteiger partial charge in [0.1, 0.15) is 5.65 Å². The molecule has 38 heavy (non-hydrogen) atoms. The summed E-state index contributed by atoms with van der Waals surface area (Å²) in [6.45, 7) is 5.63. The summed E-state index contributed by atoms with van der Waals surface area (Å²) in [5.74, 6) is -0.402. The van der Waals surface area contributed by atoms with Crippen LogP contribution in [0.2, 0.25) is 0 Å². The minimum Gasteiger partial charge on any atom is -0.381 e. The van der Waals surface area contributed by atoms with Crippen molar-refractivity contribution in [1.29, 1.82) is 0 Å². The lowest BCUT2D eigenvalue weighted by atomic mass is 9.73. The highest BCUT2D eigenvalue weighted by atomic mass is 16.5. The van der Waals surface area contributed by atoms with E-state index in [2.05, 4.69) is 35.6 Å². The molecule has 2 aliphatic rings. The predicted molar refractivity (Wildman–Crippen MR) is 143 cm³/mol. The maximum absolute atomic E-state index is 13.1. The lowest BCUT2D eigenvalue weighted by Crippen LogP contribution is -2.59. The largest absolute Gasteiger partial charge is 0.381 e. The second-order valence-corrected chi connectivity index (χ2v) is 10.4. The molecule has 3 N–H and O–H groups in total. The second kappa shape index (κ2) is 9.66. The number of aryl methyl sites for hydroxylation is 2. The van der Waals surface area contributed by atoms with E-state index in [0.29, 0.717) is 40.2 Å². The minimum absolute atomic E-state index is 0.0960. The van der Waals surface area contributed by atoms with E-state index in [4.69, 9.17) is 4.74 Å². The average molecular weight is 515 g/mol. The van der Waals surface area contributed by atoms with E-state index in [1.54, 1.807) is 29.2 Å². The molecule has 196 valence electrons. The van der Waals surface area contributed by atoms with Gasteiger partial charge in [-0.2, -0.15) is 5.10 Å². The molecular formula is C27H30N8O3. The Morgan fingerprint density at radius 2 is 1.89 bits per heavy atom. The van der Waals surface area contributed by atoms with Crippen molar-refractivity contribution in [1.82, 2.24) is 29.6 Å². The fourth-order valence-corrected chi connectivity index (χ4v) is 5.32. The van der Waals surface area contributed by atoms with E-state index >= 15 is 0 Å². The third kappa shape index (κ3) is 4.90. The van der Waals surface area contributed by atoms with Crippen molar-refractivity contribution in [3.8, 4) is 11.3 Å². The molecule has 6 rings (SSSR count). The number of nitrogens with one attached hydrogen (secondary N) is 3. The Morgan fingerprint density at radius 1 is 1.08 bits per heavy atom. The number of ether oxygens (including phenoxy) is 1. The molecule has 0 saturated carbocycles. The standard InChI is InChI=1S/C27H30N8O3/c1-17-22(9-21(12-28-17)31-24(36)14-35-15-27(16-35)3-5-38-6-4-27)33-26(37)19-7-18-8-23(32-25(18)29-10-19)20-11-30-34(2)13-20/h7-13H,3-6,14-16H2,1-2H3,(H,29,32)(H,31,36)(H,33,37). The molecule has 2 saturated heterocycles. The summed E-state index contributed by atoms with van der Waals surface area (Å²) in [7, 11) is 1.86. The van der Waals surface area contributed by atoms with Crippen LogP contribution in [0.25, 0.3) is 22.3 Å². The molecule has 0 bridgehead atoms. The van der Waals surface area contributed by atoms with Crippen LogP contribution in [0.4, 0.5) is 11.4 Å². The molecule has 0 aromatic carbocycles. The molecule has 0 unspecified atom stereocenters. The fourth-order valence-electron chi connectivity index (χ4n) is 5.32. The van der Waals surface area contributed by atoms with Crippen molar-refractivity contribution in [2.45, 2.75) is 19.8 Å². The highest BCUT2D eigenvalue weighted by molar-refractivity contribution is 6.06. The Kier molecular flexibility index (Phi) is 6.16. The Hall–Kier alpha value is -4.09. The van der Waals surface area contributed by atoms with Gasteiger partial charge in [0, 0.05) is 62.1 Å². The monoisotopic (exact) mass is 514 g/mol. The van der Waals surface area contributed by atoms with Crippen LogP contribution in [0, 0.1) is 12.3 Å². The lowest BCUT2D eigenvalue weighted by molar-refractivity contribution is -0.124. The van der Waals surface area contributed by atoms with Crippen molar-refractivity contribution in [3.63, 3.8) is 0 Å². The van der Waals surface area contributed by atoms with E-state index in [1.807, 2.05) is 26.2 Å². The number of hydrogen-bond donors (Lipinski definition) is 3. The molecule has 11 nitrogen and oxygen atoms in total. The zero-order valence-corrected chi connectivity index (χ0v) is 21.5. The van der Waals surface area contributed by atoms with Crippen molar-refractivity contribution >= 4 is 34.2 Å². The normalized spacial score (nSPS) is 16.9. The number of carbonyl (C=O) groups excluding carboxylic acids is 2. The predicted octanol–water partition coefficient (Wildman–Crippen LogP) is 2.97. The molecule has 2 fully saturated rings. The number of hydrogen-bond acceptors (Lipinski definition) is 7. The Bertz CT molecular complexity index is 1510. The third-order valence-corrected chi connectivity index (χ3v) is 7.41. The SMILES string of the molecule is Cc1ncc(NC(=O)CN2CC3(CCOCC3)C2)cc1NC(=O)c1cnc2[nH]c(-c3cnn(C)c3)cc2c1. The van der Waals surface area contributed by atoms with E-state index in [-0.39, 0.29) is 11.8 Å². The van der Waals surface area contributed by atoms with Crippen LogP contribution in [-0.4, -0.2) is 74.3 Å². The van der Waals surface area contributed by atoms with Crippen LogP contribution in [0.3, 0.4) is 0 Å². The first-order valence-electron chi connectivity index (χ1n) is 12.7. The van der Waals surface area contributed by atoms with Crippen molar-refractivity contribution in [2.75, 3.05) is 43.5 Å². The van der Waals surface area contributed by atoms with Gasteiger partial charge in [0.15, 0.2) is 0 Å². The summed E-state index contributed by atoms with van der Waals surface area (Å²) in [6, 6.07) is 5.47. The van der Waals surface area contributed by atoms with Gasteiger partial charge in [-0.05, 0) is 38.0 Å². The first-order chi connectivity index (χ1) is 18.4. The number of fused-ring (bicyclic) bond motifs is 1. The molecular weight excluding hydrogens is 484 g/mol. The highest BCUT2D eigenvalue weighted by Crippen LogP contribution is 2.39. The van der Waals surface area contributed by atoms with Crippen LogP contribution in [0.15, 0.2) is 43.0 Å². The van der Waals surface area contributed by atoms with Gasteiger partial charge in [-0.3, -0.25) is 24.2 Å². The summed E-state index contributed by atoms with van der Waals surface area (Å²) in [6.07, 6.45) is 8.95. The van der Waals surface area contributed by atoms with E-state index in [1.165, 1.54) is 6.20 Å². The fraction of sp³-hybridized carbons (Fsp3) is 0.370. The van der Waals surface area contributed by atoms with Crippen molar-refractivity contribution < 1.29 is 14.3 Å².